The number of aryl methyl sites for hydroxylation is 1. The van der Waals surface area contributed by atoms with E-state index >= 15 is 0 Å². The minimum Gasteiger partial charge on any atom is -0.326 e. The van der Waals surface area contributed by atoms with Crippen LogP contribution in [0.25, 0.3) is 0 Å². The Morgan fingerprint density at radius 1 is 1.04 bits per heavy atom. The van der Waals surface area contributed by atoms with Gasteiger partial charge < -0.3 is 5.32 Å². The van der Waals surface area contributed by atoms with Crippen LogP contribution in [0.2, 0.25) is 10.0 Å². The maximum atomic E-state index is 12.0. The SMILES string of the molecule is CC(CC(=O)Nc1ccc(Cl)c(Cl)c1)=NNC(=O)c1ccc(C)cc1. The Hall–Kier alpha value is -2.37. The molecule has 0 aliphatic carbocycles. The predicted octanol–water partition coefficient (Wildman–Crippen LogP) is 4.44. The number of hydrogen-bond donors (Lipinski definition) is 2. The molecule has 0 fully saturated rings. The van der Waals surface area contributed by atoms with E-state index in [9.17, 15) is 9.59 Å². The number of anilines is 1. The van der Waals surface area contributed by atoms with Crippen LogP contribution in [0.15, 0.2) is 47.6 Å². The minimum absolute atomic E-state index is 0.0361. The lowest BCUT2D eigenvalue weighted by Crippen LogP contribution is -2.21. The van der Waals surface area contributed by atoms with E-state index in [1.54, 1.807) is 37.3 Å². The number of nitrogens with zero attached hydrogens (tertiary/aromatic N) is 1. The number of carbonyl (C=O) groups is 2. The lowest BCUT2D eigenvalue weighted by atomic mass is 10.1. The molecule has 5 nitrogen and oxygen atoms in total. The molecule has 2 aromatic rings. The zero-order valence-electron chi connectivity index (χ0n) is 13.8. The molecule has 0 aromatic heterocycles. The molecule has 2 rings (SSSR count). The van der Waals surface area contributed by atoms with Gasteiger partial charge in [-0.15, -0.1) is 0 Å². The molecular weight excluding hydrogens is 361 g/mol. The van der Waals surface area contributed by atoms with Crippen molar-refractivity contribution in [1.29, 1.82) is 0 Å². The van der Waals surface area contributed by atoms with Gasteiger partial charge in [-0.1, -0.05) is 40.9 Å². The van der Waals surface area contributed by atoms with Crippen molar-refractivity contribution in [1.82, 2.24) is 5.43 Å². The summed E-state index contributed by atoms with van der Waals surface area (Å²) in [5, 5.41) is 7.41. The molecule has 0 spiro atoms. The van der Waals surface area contributed by atoms with Crippen LogP contribution in [-0.4, -0.2) is 17.5 Å². The van der Waals surface area contributed by atoms with E-state index in [4.69, 9.17) is 23.2 Å². The molecule has 0 radical (unpaired) electrons. The number of rotatable bonds is 5. The first-order valence-electron chi connectivity index (χ1n) is 7.50. The van der Waals surface area contributed by atoms with Crippen LogP contribution in [-0.2, 0) is 4.79 Å². The molecule has 0 saturated heterocycles. The van der Waals surface area contributed by atoms with Gasteiger partial charge in [0.1, 0.15) is 0 Å². The zero-order chi connectivity index (χ0) is 18.4. The van der Waals surface area contributed by atoms with Crippen molar-refractivity contribution < 1.29 is 9.59 Å². The van der Waals surface area contributed by atoms with Crippen LogP contribution >= 0.6 is 23.2 Å². The first kappa shape index (κ1) is 19.0. The summed E-state index contributed by atoms with van der Waals surface area (Å²) in [6.45, 7) is 3.60. The second-order valence-electron chi connectivity index (χ2n) is 5.51. The van der Waals surface area contributed by atoms with E-state index in [1.165, 1.54) is 0 Å². The summed E-state index contributed by atoms with van der Waals surface area (Å²) in [6.07, 6.45) is 0.0361. The van der Waals surface area contributed by atoms with Gasteiger partial charge in [-0.25, -0.2) is 5.43 Å². The number of halogens is 2. The third-order valence-corrected chi connectivity index (χ3v) is 4.02. The Bertz CT molecular complexity index is 818. The van der Waals surface area contributed by atoms with E-state index in [-0.39, 0.29) is 18.2 Å². The van der Waals surface area contributed by atoms with Gasteiger partial charge in [-0.3, -0.25) is 9.59 Å². The third-order valence-electron chi connectivity index (χ3n) is 3.28. The summed E-state index contributed by atoms with van der Waals surface area (Å²) in [5.74, 6) is -0.603. The number of amides is 2. The standard InChI is InChI=1S/C18H17Cl2N3O2/c1-11-3-5-13(6-4-11)18(25)23-22-12(2)9-17(24)21-14-7-8-15(19)16(20)10-14/h3-8,10H,9H2,1-2H3,(H,21,24)(H,23,25). The molecule has 2 N–H and O–H groups in total. The summed E-state index contributed by atoms with van der Waals surface area (Å²) < 4.78 is 0. The van der Waals surface area contributed by atoms with Crippen molar-refractivity contribution in [2.75, 3.05) is 5.32 Å². The predicted molar refractivity (Wildman–Crippen MR) is 101 cm³/mol. The minimum atomic E-state index is -0.329. The molecule has 130 valence electrons. The van der Waals surface area contributed by atoms with Crippen molar-refractivity contribution in [2.24, 2.45) is 5.10 Å². The molecule has 0 saturated carbocycles. The Kier molecular flexibility index (Phi) is 6.56. The second-order valence-corrected chi connectivity index (χ2v) is 6.32. The van der Waals surface area contributed by atoms with Crippen molar-refractivity contribution in [3.63, 3.8) is 0 Å². The summed E-state index contributed by atoms with van der Waals surface area (Å²) in [5.41, 5.74) is 5.01. The summed E-state index contributed by atoms with van der Waals surface area (Å²) in [7, 11) is 0. The number of carbonyl (C=O) groups excluding carboxylic acids is 2. The Morgan fingerprint density at radius 3 is 2.36 bits per heavy atom. The van der Waals surface area contributed by atoms with Gasteiger partial charge in [0.25, 0.3) is 5.91 Å². The van der Waals surface area contributed by atoms with Gasteiger partial charge in [0.05, 0.1) is 16.5 Å². The number of benzene rings is 2. The summed E-state index contributed by atoms with van der Waals surface area (Å²) in [6, 6.07) is 11.9. The highest BCUT2D eigenvalue weighted by molar-refractivity contribution is 6.42. The molecule has 0 bridgehead atoms. The number of hydrogen-bond acceptors (Lipinski definition) is 3. The Labute approximate surface area is 156 Å². The highest BCUT2D eigenvalue weighted by atomic mass is 35.5. The zero-order valence-corrected chi connectivity index (χ0v) is 15.3. The van der Waals surface area contributed by atoms with E-state index < -0.39 is 0 Å². The maximum absolute atomic E-state index is 12.0. The van der Waals surface area contributed by atoms with Crippen molar-refractivity contribution in [3.8, 4) is 0 Å². The average molecular weight is 378 g/mol. The van der Waals surface area contributed by atoms with Gasteiger partial charge in [0.15, 0.2) is 0 Å². The summed E-state index contributed by atoms with van der Waals surface area (Å²) >= 11 is 11.7. The van der Waals surface area contributed by atoms with Crippen LogP contribution in [0, 0.1) is 6.92 Å². The van der Waals surface area contributed by atoms with Crippen LogP contribution in [0.1, 0.15) is 29.3 Å². The van der Waals surface area contributed by atoms with E-state index in [0.29, 0.717) is 27.0 Å². The maximum Gasteiger partial charge on any atom is 0.271 e. The van der Waals surface area contributed by atoms with Gasteiger partial charge >= 0.3 is 0 Å². The van der Waals surface area contributed by atoms with E-state index in [1.807, 2.05) is 19.1 Å². The van der Waals surface area contributed by atoms with Crippen LogP contribution < -0.4 is 10.7 Å². The molecule has 0 unspecified atom stereocenters. The van der Waals surface area contributed by atoms with Crippen molar-refractivity contribution >= 4 is 46.4 Å². The monoisotopic (exact) mass is 377 g/mol. The molecule has 0 atom stereocenters. The number of hydrazone groups is 1. The first-order chi connectivity index (χ1) is 11.8. The Balaban J connectivity index is 1.89. The largest absolute Gasteiger partial charge is 0.326 e. The second kappa shape index (κ2) is 8.65. The van der Waals surface area contributed by atoms with Crippen LogP contribution in [0.5, 0.6) is 0 Å². The molecule has 2 amide bonds. The number of nitrogens with one attached hydrogen (secondary N) is 2. The smallest absolute Gasteiger partial charge is 0.271 e. The fourth-order valence-corrected chi connectivity index (χ4v) is 2.26. The lowest BCUT2D eigenvalue weighted by molar-refractivity contribution is -0.115. The normalized spacial score (nSPS) is 11.1. The molecular formula is C18H17Cl2N3O2. The van der Waals surface area contributed by atoms with Crippen LogP contribution in [0.4, 0.5) is 5.69 Å². The van der Waals surface area contributed by atoms with E-state index in [2.05, 4.69) is 15.8 Å². The van der Waals surface area contributed by atoms with Gasteiger partial charge in [0.2, 0.25) is 5.91 Å². The van der Waals surface area contributed by atoms with Gasteiger partial charge in [-0.05, 0) is 44.2 Å². The molecule has 0 aliphatic heterocycles. The molecule has 7 heteroatoms. The molecule has 0 aliphatic rings. The summed E-state index contributed by atoms with van der Waals surface area (Å²) in [4.78, 5) is 24.0. The van der Waals surface area contributed by atoms with Crippen molar-refractivity contribution in [3.05, 3.63) is 63.6 Å². The van der Waals surface area contributed by atoms with Gasteiger partial charge in [-0.2, -0.15) is 5.10 Å². The van der Waals surface area contributed by atoms with Gasteiger partial charge in [0, 0.05) is 17.0 Å². The third kappa shape index (κ3) is 5.89. The highest BCUT2D eigenvalue weighted by Crippen LogP contribution is 2.25. The van der Waals surface area contributed by atoms with E-state index in [0.717, 1.165) is 5.56 Å². The van der Waals surface area contributed by atoms with Crippen molar-refractivity contribution in [2.45, 2.75) is 20.3 Å². The van der Waals surface area contributed by atoms with Crippen LogP contribution in [0.3, 0.4) is 0 Å². The average Bonchev–Trinajstić information content (AvgIpc) is 2.56. The molecule has 25 heavy (non-hydrogen) atoms. The first-order valence-corrected chi connectivity index (χ1v) is 8.26. The fourth-order valence-electron chi connectivity index (χ4n) is 1.97. The fraction of sp³-hybridized carbons (Fsp3) is 0.167. The Morgan fingerprint density at radius 2 is 1.72 bits per heavy atom. The molecule has 0 heterocycles. The topological polar surface area (TPSA) is 70.6 Å². The molecule has 2 aromatic carbocycles. The lowest BCUT2D eigenvalue weighted by Gasteiger charge is -2.07. The quantitative estimate of drug-likeness (QED) is 0.597. The highest BCUT2D eigenvalue weighted by Gasteiger charge is 2.08.